The molecule has 0 bridgehead atoms. The van der Waals surface area contributed by atoms with Crippen molar-refractivity contribution in [3.05, 3.63) is 6.33 Å². The Morgan fingerprint density at radius 1 is 1.50 bits per heavy atom. The number of nitrogens with two attached hydrogens (primary N) is 1. The molecule has 1 aromatic heterocycles. The zero-order valence-corrected chi connectivity index (χ0v) is 11.4. The molecule has 0 aromatic carbocycles. The van der Waals surface area contributed by atoms with E-state index in [1.54, 1.807) is 0 Å². The minimum Gasteiger partial charge on any atom is -0.476 e. The molecule has 0 aliphatic carbocycles. The van der Waals surface area contributed by atoms with Crippen molar-refractivity contribution in [1.82, 2.24) is 9.97 Å². The maximum atomic E-state index is 6.12. The lowest BCUT2D eigenvalue weighted by Gasteiger charge is -2.29. The van der Waals surface area contributed by atoms with Crippen LogP contribution in [-0.4, -0.2) is 29.2 Å². The third kappa shape index (κ3) is 2.35. The molecule has 1 aliphatic heterocycles. The Bertz CT molecular complexity index is 408. The summed E-state index contributed by atoms with van der Waals surface area (Å²) in [5, 5.41) is 0. The van der Waals surface area contributed by atoms with Crippen molar-refractivity contribution < 1.29 is 4.74 Å². The second kappa shape index (κ2) is 5.42. The Kier molecular flexibility index (Phi) is 3.89. The van der Waals surface area contributed by atoms with Crippen LogP contribution in [0.4, 0.5) is 11.5 Å². The topological polar surface area (TPSA) is 64.3 Å². The van der Waals surface area contributed by atoms with Crippen LogP contribution in [0.25, 0.3) is 0 Å². The van der Waals surface area contributed by atoms with Crippen LogP contribution in [-0.2, 0) is 0 Å². The summed E-state index contributed by atoms with van der Waals surface area (Å²) in [6.07, 6.45) is 3.92. The Morgan fingerprint density at radius 2 is 2.28 bits per heavy atom. The molecular weight excluding hydrogens is 228 g/mol. The van der Waals surface area contributed by atoms with Gasteiger partial charge in [0.05, 0.1) is 6.61 Å². The second-order valence-electron chi connectivity index (χ2n) is 5.00. The lowest BCUT2D eigenvalue weighted by molar-refractivity contribution is 0.328. The van der Waals surface area contributed by atoms with Crippen molar-refractivity contribution in [2.45, 2.75) is 39.7 Å². The maximum Gasteiger partial charge on any atom is 0.242 e. The predicted octanol–water partition coefficient (Wildman–Crippen LogP) is 2.08. The highest BCUT2D eigenvalue weighted by Gasteiger charge is 2.30. The normalized spacial score (nSPS) is 19.6. The van der Waals surface area contributed by atoms with E-state index in [2.05, 4.69) is 28.7 Å². The number of ether oxygens (including phenoxy) is 1. The number of hydrogen-bond donors (Lipinski definition) is 1. The molecule has 1 aromatic rings. The van der Waals surface area contributed by atoms with E-state index in [0.29, 0.717) is 30.1 Å². The van der Waals surface area contributed by atoms with Gasteiger partial charge in [-0.05, 0) is 25.7 Å². The molecule has 5 nitrogen and oxygen atoms in total. The van der Waals surface area contributed by atoms with E-state index in [9.17, 15) is 0 Å². The summed E-state index contributed by atoms with van der Waals surface area (Å²) in [6.45, 7) is 7.98. The molecule has 0 amide bonds. The number of nitrogen functional groups attached to an aromatic ring is 1. The van der Waals surface area contributed by atoms with Gasteiger partial charge in [-0.15, -0.1) is 0 Å². The zero-order chi connectivity index (χ0) is 13.1. The molecule has 0 saturated carbocycles. The van der Waals surface area contributed by atoms with E-state index in [-0.39, 0.29) is 0 Å². The molecule has 1 saturated heterocycles. The Hall–Kier alpha value is -1.52. The first-order valence-corrected chi connectivity index (χ1v) is 6.65. The second-order valence-corrected chi connectivity index (χ2v) is 5.00. The first kappa shape index (κ1) is 12.9. The quantitative estimate of drug-likeness (QED) is 0.886. The van der Waals surface area contributed by atoms with Gasteiger partial charge in [-0.2, -0.15) is 4.98 Å². The van der Waals surface area contributed by atoms with Crippen LogP contribution in [0.3, 0.4) is 0 Å². The number of nitrogens with zero attached hydrogens (tertiary/aromatic N) is 3. The van der Waals surface area contributed by atoms with Gasteiger partial charge in [0.25, 0.3) is 0 Å². The molecule has 0 spiro atoms. The van der Waals surface area contributed by atoms with Gasteiger partial charge in [-0.1, -0.05) is 13.8 Å². The Labute approximate surface area is 108 Å². The van der Waals surface area contributed by atoms with Gasteiger partial charge in [0, 0.05) is 12.6 Å². The first-order valence-electron chi connectivity index (χ1n) is 6.65. The molecule has 5 heteroatoms. The fraction of sp³-hybridized carbons (Fsp3) is 0.692. The van der Waals surface area contributed by atoms with E-state index < -0.39 is 0 Å². The summed E-state index contributed by atoms with van der Waals surface area (Å²) in [7, 11) is 0. The summed E-state index contributed by atoms with van der Waals surface area (Å²) in [6, 6.07) is 0.511. The average Bonchev–Trinajstić information content (AvgIpc) is 2.81. The molecule has 2 rings (SSSR count). The monoisotopic (exact) mass is 250 g/mol. The lowest BCUT2D eigenvalue weighted by atomic mass is 10.0. The van der Waals surface area contributed by atoms with Crippen molar-refractivity contribution in [2.75, 3.05) is 23.8 Å². The SMILES string of the molecule is CCOc1ncnc(N2CCCC2C(C)C)c1N. The van der Waals surface area contributed by atoms with Gasteiger partial charge in [-0.3, -0.25) is 0 Å². The molecule has 1 fully saturated rings. The summed E-state index contributed by atoms with van der Waals surface area (Å²) >= 11 is 0. The highest BCUT2D eigenvalue weighted by molar-refractivity contribution is 5.68. The minimum absolute atomic E-state index is 0.497. The summed E-state index contributed by atoms with van der Waals surface area (Å²) in [4.78, 5) is 10.7. The van der Waals surface area contributed by atoms with Crippen LogP contribution >= 0.6 is 0 Å². The van der Waals surface area contributed by atoms with Gasteiger partial charge in [0.2, 0.25) is 5.88 Å². The average molecular weight is 250 g/mol. The van der Waals surface area contributed by atoms with E-state index in [1.165, 1.54) is 19.2 Å². The minimum atomic E-state index is 0.497. The van der Waals surface area contributed by atoms with Crippen LogP contribution in [0.15, 0.2) is 6.33 Å². The highest BCUT2D eigenvalue weighted by atomic mass is 16.5. The summed E-state index contributed by atoms with van der Waals surface area (Å²) in [5.41, 5.74) is 6.68. The molecular formula is C13H22N4O. The number of hydrogen-bond acceptors (Lipinski definition) is 5. The lowest BCUT2D eigenvalue weighted by Crippen LogP contribution is -2.34. The Balaban J connectivity index is 2.30. The highest BCUT2D eigenvalue weighted by Crippen LogP contribution is 2.34. The molecule has 1 aliphatic rings. The van der Waals surface area contributed by atoms with Crippen LogP contribution < -0.4 is 15.4 Å². The van der Waals surface area contributed by atoms with Crippen LogP contribution in [0.2, 0.25) is 0 Å². The van der Waals surface area contributed by atoms with E-state index in [4.69, 9.17) is 10.5 Å². The standard InChI is InChI=1S/C13H22N4O/c1-4-18-13-11(14)12(15-8-16-13)17-7-5-6-10(17)9(2)3/h8-10H,4-7,14H2,1-3H3. The van der Waals surface area contributed by atoms with Gasteiger partial charge < -0.3 is 15.4 Å². The molecule has 2 N–H and O–H groups in total. The summed E-state index contributed by atoms with van der Waals surface area (Å²) in [5.74, 6) is 1.92. The third-order valence-corrected chi connectivity index (χ3v) is 3.45. The van der Waals surface area contributed by atoms with E-state index in [1.807, 2.05) is 6.92 Å². The Morgan fingerprint density at radius 3 is 2.94 bits per heavy atom. The molecule has 2 heterocycles. The molecule has 0 radical (unpaired) electrons. The van der Waals surface area contributed by atoms with Crippen LogP contribution in [0, 0.1) is 5.92 Å². The van der Waals surface area contributed by atoms with E-state index in [0.717, 1.165) is 12.4 Å². The smallest absolute Gasteiger partial charge is 0.242 e. The van der Waals surface area contributed by atoms with Crippen molar-refractivity contribution >= 4 is 11.5 Å². The molecule has 1 unspecified atom stereocenters. The van der Waals surface area contributed by atoms with E-state index >= 15 is 0 Å². The third-order valence-electron chi connectivity index (χ3n) is 3.45. The molecule has 18 heavy (non-hydrogen) atoms. The van der Waals surface area contributed by atoms with Crippen molar-refractivity contribution in [2.24, 2.45) is 5.92 Å². The van der Waals surface area contributed by atoms with Gasteiger partial charge in [0.1, 0.15) is 12.0 Å². The molecule has 100 valence electrons. The number of anilines is 2. The molecule has 1 atom stereocenters. The van der Waals surface area contributed by atoms with Gasteiger partial charge >= 0.3 is 0 Å². The zero-order valence-electron chi connectivity index (χ0n) is 11.4. The maximum absolute atomic E-state index is 6.12. The number of rotatable bonds is 4. The van der Waals surface area contributed by atoms with Crippen molar-refractivity contribution in [3.63, 3.8) is 0 Å². The summed E-state index contributed by atoms with van der Waals surface area (Å²) < 4.78 is 5.43. The first-order chi connectivity index (χ1) is 8.65. The fourth-order valence-corrected chi connectivity index (χ4v) is 2.60. The van der Waals surface area contributed by atoms with Crippen LogP contribution in [0.1, 0.15) is 33.6 Å². The predicted molar refractivity (Wildman–Crippen MR) is 72.8 cm³/mol. The fourth-order valence-electron chi connectivity index (χ4n) is 2.60. The van der Waals surface area contributed by atoms with Crippen molar-refractivity contribution in [1.29, 1.82) is 0 Å². The van der Waals surface area contributed by atoms with Crippen LogP contribution in [0.5, 0.6) is 5.88 Å². The number of aromatic nitrogens is 2. The van der Waals surface area contributed by atoms with Crippen molar-refractivity contribution in [3.8, 4) is 5.88 Å². The van der Waals surface area contributed by atoms with Gasteiger partial charge in [-0.25, -0.2) is 4.98 Å². The largest absolute Gasteiger partial charge is 0.476 e. The van der Waals surface area contributed by atoms with Gasteiger partial charge in [0.15, 0.2) is 5.82 Å².